The van der Waals surface area contributed by atoms with E-state index in [4.69, 9.17) is 11.6 Å². The van der Waals surface area contributed by atoms with Crippen LogP contribution >= 0.6 is 27.5 Å². The van der Waals surface area contributed by atoms with E-state index in [1.807, 2.05) is 19.1 Å². The van der Waals surface area contributed by atoms with Crippen molar-refractivity contribution in [3.8, 4) is 0 Å². The van der Waals surface area contributed by atoms with Crippen LogP contribution in [0.2, 0.25) is 5.02 Å². The highest BCUT2D eigenvalue weighted by atomic mass is 79.9. The summed E-state index contributed by atoms with van der Waals surface area (Å²) in [5.74, 6) is -0.413. The smallest absolute Gasteiger partial charge is 0.243 e. The molecule has 0 heterocycles. The maximum atomic E-state index is 12.7. The van der Waals surface area contributed by atoms with Crippen molar-refractivity contribution in [2.75, 3.05) is 18.4 Å². The van der Waals surface area contributed by atoms with E-state index in [0.717, 1.165) is 14.3 Å². The first-order valence-corrected chi connectivity index (χ1v) is 10.2. The molecule has 2 aromatic carbocycles. The zero-order valence-electron chi connectivity index (χ0n) is 13.8. The Morgan fingerprint density at radius 2 is 1.84 bits per heavy atom. The van der Waals surface area contributed by atoms with Crippen molar-refractivity contribution in [3.63, 3.8) is 0 Å². The fourth-order valence-corrected chi connectivity index (χ4v) is 4.32. The van der Waals surface area contributed by atoms with E-state index in [-0.39, 0.29) is 18.0 Å². The molecule has 134 valence electrons. The molecule has 0 atom stereocenters. The summed E-state index contributed by atoms with van der Waals surface area (Å²) in [6.45, 7) is 3.52. The molecule has 0 fully saturated rings. The molecule has 2 aromatic rings. The Kier molecular flexibility index (Phi) is 6.62. The number of carbonyl (C=O) groups is 1. The Labute approximate surface area is 161 Å². The lowest BCUT2D eigenvalue weighted by Gasteiger charge is -2.20. The second kappa shape index (κ2) is 8.31. The summed E-state index contributed by atoms with van der Waals surface area (Å²) in [6.07, 6.45) is 0. The van der Waals surface area contributed by atoms with Crippen molar-refractivity contribution in [2.45, 2.75) is 18.7 Å². The number of anilines is 1. The third kappa shape index (κ3) is 5.04. The average molecular weight is 446 g/mol. The van der Waals surface area contributed by atoms with Gasteiger partial charge in [0.1, 0.15) is 0 Å². The molecule has 1 amide bonds. The van der Waals surface area contributed by atoms with Crippen LogP contribution in [0.15, 0.2) is 51.8 Å². The molecule has 0 aliphatic carbocycles. The molecule has 0 saturated heterocycles. The average Bonchev–Trinajstić information content (AvgIpc) is 2.55. The van der Waals surface area contributed by atoms with Crippen LogP contribution < -0.4 is 5.32 Å². The fraction of sp³-hybridized carbons (Fsp3) is 0.235. The van der Waals surface area contributed by atoms with Crippen LogP contribution in [0.1, 0.15) is 12.5 Å². The van der Waals surface area contributed by atoms with Gasteiger partial charge >= 0.3 is 0 Å². The SMILES string of the molecule is CCN(CC(=O)Nc1ccc(C)cc1Br)S(=O)(=O)c1ccc(Cl)cc1. The quantitative estimate of drug-likeness (QED) is 0.729. The molecular formula is C17H18BrClN2O3S. The first-order valence-electron chi connectivity index (χ1n) is 7.55. The van der Waals surface area contributed by atoms with Crippen LogP contribution in [0, 0.1) is 6.92 Å². The number of benzene rings is 2. The predicted molar refractivity (Wildman–Crippen MR) is 103 cm³/mol. The Hall–Kier alpha value is -1.41. The van der Waals surface area contributed by atoms with Gasteiger partial charge in [-0.25, -0.2) is 8.42 Å². The van der Waals surface area contributed by atoms with Crippen molar-refractivity contribution in [1.82, 2.24) is 4.31 Å². The highest BCUT2D eigenvalue weighted by Gasteiger charge is 2.25. The van der Waals surface area contributed by atoms with Crippen LogP contribution in [0.25, 0.3) is 0 Å². The normalized spacial score (nSPS) is 11.6. The third-order valence-electron chi connectivity index (χ3n) is 3.52. The lowest BCUT2D eigenvalue weighted by atomic mass is 10.2. The molecule has 8 heteroatoms. The Morgan fingerprint density at radius 3 is 2.40 bits per heavy atom. The van der Waals surface area contributed by atoms with Crippen molar-refractivity contribution in [3.05, 3.63) is 57.5 Å². The van der Waals surface area contributed by atoms with Gasteiger partial charge in [0.25, 0.3) is 0 Å². The molecule has 0 aliphatic rings. The zero-order valence-corrected chi connectivity index (χ0v) is 17.0. The van der Waals surface area contributed by atoms with Crippen LogP contribution in [-0.2, 0) is 14.8 Å². The van der Waals surface area contributed by atoms with Gasteiger partial charge in [-0.1, -0.05) is 24.6 Å². The topological polar surface area (TPSA) is 66.5 Å². The lowest BCUT2D eigenvalue weighted by molar-refractivity contribution is -0.116. The molecule has 0 aromatic heterocycles. The highest BCUT2D eigenvalue weighted by Crippen LogP contribution is 2.24. The van der Waals surface area contributed by atoms with Crippen LogP contribution in [0.5, 0.6) is 0 Å². The molecule has 5 nitrogen and oxygen atoms in total. The minimum absolute atomic E-state index is 0.100. The van der Waals surface area contributed by atoms with Gasteiger partial charge in [-0.3, -0.25) is 4.79 Å². The summed E-state index contributed by atoms with van der Waals surface area (Å²) in [7, 11) is -3.77. The molecule has 0 unspecified atom stereocenters. The van der Waals surface area contributed by atoms with E-state index < -0.39 is 15.9 Å². The zero-order chi connectivity index (χ0) is 18.6. The Bertz CT molecular complexity index is 870. The minimum atomic E-state index is -3.77. The number of amides is 1. The van der Waals surface area contributed by atoms with E-state index in [1.54, 1.807) is 13.0 Å². The van der Waals surface area contributed by atoms with Gasteiger partial charge in [-0.15, -0.1) is 0 Å². The lowest BCUT2D eigenvalue weighted by Crippen LogP contribution is -2.37. The fourth-order valence-electron chi connectivity index (χ4n) is 2.19. The number of halogens is 2. The van der Waals surface area contributed by atoms with Crippen molar-refractivity contribution in [1.29, 1.82) is 0 Å². The van der Waals surface area contributed by atoms with Gasteiger partial charge in [0.15, 0.2) is 0 Å². The van der Waals surface area contributed by atoms with Gasteiger partial charge in [0, 0.05) is 16.0 Å². The number of sulfonamides is 1. The number of aryl methyl sites for hydroxylation is 1. The van der Waals surface area contributed by atoms with E-state index in [2.05, 4.69) is 21.2 Å². The van der Waals surface area contributed by atoms with Crippen LogP contribution in [0.3, 0.4) is 0 Å². The number of nitrogens with one attached hydrogen (secondary N) is 1. The Morgan fingerprint density at radius 1 is 1.20 bits per heavy atom. The molecule has 2 rings (SSSR count). The summed E-state index contributed by atoms with van der Waals surface area (Å²) in [5.41, 5.74) is 1.64. The second-order valence-electron chi connectivity index (χ2n) is 5.42. The summed E-state index contributed by atoms with van der Waals surface area (Å²) < 4.78 is 27.2. The molecule has 0 saturated carbocycles. The number of hydrogen-bond acceptors (Lipinski definition) is 3. The summed E-state index contributed by atoms with van der Waals surface area (Å²) >= 11 is 9.18. The minimum Gasteiger partial charge on any atom is -0.324 e. The molecule has 1 N–H and O–H groups in total. The number of likely N-dealkylation sites (N-methyl/N-ethyl adjacent to an activating group) is 1. The predicted octanol–water partition coefficient (Wildman–Crippen LogP) is 4.06. The van der Waals surface area contributed by atoms with Gasteiger partial charge in [0.2, 0.25) is 15.9 Å². The van der Waals surface area contributed by atoms with Crippen molar-refractivity contribution in [2.24, 2.45) is 0 Å². The molecule has 25 heavy (non-hydrogen) atoms. The van der Waals surface area contributed by atoms with Crippen molar-refractivity contribution >= 4 is 49.1 Å². The van der Waals surface area contributed by atoms with E-state index in [0.29, 0.717) is 10.7 Å². The van der Waals surface area contributed by atoms with E-state index >= 15 is 0 Å². The van der Waals surface area contributed by atoms with Gasteiger partial charge < -0.3 is 5.32 Å². The number of nitrogens with zero attached hydrogens (tertiary/aromatic N) is 1. The number of rotatable bonds is 6. The monoisotopic (exact) mass is 444 g/mol. The maximum absolute atomic E-state index is 12.7. The summed E-state index contributed by atoms with van der Waals surface area (Å²) in [6, 6.07) is 11.4. The standard InChI is InChI=1S/C17H18BrClN2O3S/c1-3-21(25(23,24)14-7-5-13(19)6-8-14)11-17(22)20-16-9-4-12(2)10-15(16)18/h4-10H,3,11H2,1-2H3,(H,20,22). The van der Waals surface area contributed by atoms with E-state index in [9.17, 15) is 13.2 Å². The number of carbonyl (C=O) groups excluding carboxylic acids is 1. The third-order valence-corrected chi connectivity index (χ3v) is 6.37. The van der Waals surface area contributed by atoms with Crippen LogP contribution in [-0.4, -0.2) is 31.7 Å². The molecular weight excluding hydrogens is 428 g/mol. The molecule has 0 aliphatic heterocycles. The first-order chi connectivity index (χ1) is 11.7. The van der Waals surface area contributed by atoms with Gasteiger partial charge in [-0.2, -0.15) is 4.31 Å². The molecule has 0 radical (unpaired) electrons. The number of hydrogen-bond donors (Lipinski definition) is 1. The molecule has 0 bridgehead atoms. The Balaban J connectivity index is 2.15. The van der Waals surface area contributed by atoms with Gasteiger partial charge in [-0.05, 0) is 64.8 Å². The summed E-state index contributed by atoms with van der Waals surface area (Å²) in [4.78, 5) is 12.4. The maximum Gasteiger partial charge on any atom is 0.243 e. The molecule has 0 spiro atoms. The van der Waals surface area contributed by atoms with Crippen LogP contribution in [0.4, 0.5) is 5.69 Å². The largest absolute Gasteiger partial charge is 0.324 e. The van der Waals surface area contributed by atoms with Gasteiger partial charge in [0.05, 0.1) is 17.1 Å². The second-order valence-corrected chi connectivity index (χ2v) is 8.65. The highest BCUT2D eigenvalue weighted by molar-refractivity contribution is 9.10. The van der Waals surface area contributed by atoms with E-state index in [1.165, 1.54) is 24.3 Å². The van der Waals surface area contributed by atoms with Crippen molar-refractivity contribution < 1.29 is 13.2 Å². The first kappa shape index (κ1) is 19.9. The summed E-state index contributed by atoms with van der Waals surface area (Å²) in [5, 5.41) is 3.17.